The van der Waals surface area contributed by atoms with Crippen molar-refractivity contribution in [2.45, 2.75) is 19.9 Å². The first kappa shape index (κ1) is 15.7. The van der Waals surface area contributed by atoms with Crippen LogP contribution >= 0.6 is 43.2 Å². The van der Waals surface area contributed by atoms with Crippen molar-refractivity contribution < 1.29 is 9.59 Å². The number of amides is 2. The molecule has 100 valence electrons. The van der Waals surface area contributed by atoms with E-state index < -0.39 is 6.04 Å². The molecule has 0 saturated carbocycles. The van der Waals surface area contributed by atoms with Crippen molar-refractivity contribution in [3.63, 3.8) is 0 Å². The summed E-state index contributed by atoms with van der Waals surface area (Å²) in [6.45, 7) is 4.19. The Balaban J connectivity index is 2.67. The highest BCUT2D eigenvalue weighted by Crippen LogP contribution is 2.32. The predicted octanol–water partition coefficient (Wildman–Crippen LogP) is 2.87. The highest BCUT2D eigenvalue weighted by atomic mass is 79.9. The van der Waals surface area contributed by atoms with Gasteiger partial charge in [0.1, 0.15) is 6.04 Å². The molecule has 1 aromatic rings. The minimum Gasteiger partial charge on any atom is -0.344 e. The summed E-state index contributed by atoms with van der Waals surface area (Å²) >= 11 is 7.98. The molecule has 18 heavy (non-hydrogen) atoms. The predicted molar refractivity (Wildman–Crippen MR) is 80.0 cm³/mol. The first-order valence-corrected chi connectivity index (χ1v) is 7.77. The second kappa shape index (κ2) is 6.68. The molecule has 1 N–H and O–H groups in total. The highest BCUT2D eigenvalue weighted by molar-refractivity contribution is 9.13. The molecule has 4 nitrogen and oxygen atoms in total. The van der Waals surface area contributed by atoms with Crippen molar-refractivity contribution in [1.82, 2.24) is 10.2 Å². The lowest BCUT2D eigenvalue weighted by atomic mass is 10.3. The van der Waals surface area contributed by atoms with Gasteiger partial charge in [0.05, 0.1) is 8.66 Å². The molecule has 0 aliphatic heterocycles. The Bertz CT molecular complexity index is 442. The summed E-state index contributed by atoms with van der Waals surface area (Å²) in [4.78, 5) is 25.9. The molecule has 2 amide bonds. The minimum atomic E-state index is -0.526. The lowest BCUT2D eigenvalue weighted by molar-refractivity contribution is -0.131. The van der Waals surface area contributed by atoms with Crippen LogP contribution in [0.5, 0.6) is 0 Å². The van der Waals surface area contributed by atoms with E-state index in [0.717, 1.165) is 8.26 Å². The van der Waals surface area contributed by atoms with Gasteiger partial charge < -0.3 is 10.2 Å². The monoisotopic (exact) mass is 396 g/mol. The Morgan fingerprint density at radius 3 is 2.56 bits per heavy atom. The van der Waals surface area contributed by atoms with Gasteiger partial charge in [0.15, 0.2) is 0 Å². The van der Waals surface area contributed by atoms with E-state index in [9.17, 15) is 9.59 Å². The molecule has 7 heteroatoms. The van der Waals surface area contributed by atoms with Crippen LogP contribution in [0.2, 0.25) is 0 Å². The Hall–Kier alpha value is -0.400. The molecule has 1 rings (SSSR count). The van der Waals surface area contributed by atoms with Gasteiger partial charge in [-0.25, -0.2) is 0 Å². The maximum atomic E-state index is 11.9. The van der Waals surface area contributed by atoms with Gasteiger partial charge in [0.25, 0.3) is 5.91 Å². The third-order valence-corrected chi connectivity index (χ3v) is 5.69. The standard InChI is InChI=1S/C11H14Br2N2O2S/c1-4-15(3)11(17)6(2)14-10(16)8-5-7(12)9(13)18-8/h5-6H,4H2,1-3H3,(H,14,16). The van der Waals surface area contributed by atoms with Crippen molar-refractivity contribution in [2.75, 3.05) is 13.6 Å². The van der Waals surface area contributed by atoms with Gasteiger partial charge in [0, 0.05) is 18.1 Å². The van der Waals surface area contributed by atoms with Crippen LogP contribution in [0.3, 0.4) is 0 Å². The van der Waals surface area contributed by atoms with Gasteiger partial charge in [-0.3, -0.25) is 9.59 Å². The fourth-order valence-electron chi connectivity index (χ4n) is 1.27. The first-order valence-electron chi connectivity index (χ1n) is 5.37. The molecule has 1 atom stereocenters. The molecular weight excluding hydrogens is 384 g/mol. The van der Waals surface area contributed by atoms with Crippen LogP contribution in [0.25, 0.3) is 0 Å². The fraction of sp³-hybridized carbons (Fsp3) is 0.455. The average Bonchev–Trinajstić information content (AvgIpc) is 2.67. The Kier molecular flexibility index (Phi) is 5.81. The molecule has 1 unspecified atom stereocenters. The molecule has 1 heterocycles. The van der Waals surface area contributed by atoms with Crippen molar-refractivity contribution in [1.29, 1.82) is 0 Å². The van der Waals surface area contributed by atoms with Gasteiger partial charge in [-0.05, 0) is 51.8 Å². The SMILES string of the molecule is CCN(C)C(=O)C(C)NC(=O)c1cc(Br)c(Br)s1. The number of thiophene rings is 1. The number of hydrogen-bond acceptors (Lipinski definition) is 3. The summed E-state index contributed by atoms with van der Waals surface area (Å²) in [7, 11) is 1.71. The molecule has 0 fully saturated rings. The summed E-state index contributed by atoms with van der Waals surface area (Å²) in [5.41, 5.74) is 0. The first-order chi connectivity index (χ1) is 8.36. The van der Waals surface area contributed by atoms with Crippen LogP contribution in [0.4, 0.5) is 0 Å². The number of carbonyl (C=O) groups is 2. The van der Waals surface area contributed by atoms with Crippen molar-refractivity contribution in [3.8, 4) is 0 Å². The van der Waals surface area contributed by atoms with E-state index in [-0.39, 0.29) is 11.8 Å². The maximum Gasteiger partial charge on any atom is 0.262 e. The zero-order chi connectivity index (χ0) is 13.9. The second-order valence-electron chi connectivity index (χ2n) is 3.78. The van der Waals surface area contributed by atoms with E-state index >= 15 is 0 Å². The number of hydrogen-bond donors (Lipinski definition) is 1. The molecule has 1 aromatic heterocycles. The van der Waals surface area contributed by atoms with Crippen LogP contribution in [0.15, 0.2) is 14.3 Å². The van der Waals surface area contributed by atoms with Gasteiger partial charge in [0.2, 0.25) is 5.91 Å². The molecule has 0 aliphatic carbocycles. The molecule has 0 saturated heterocycles. The van der Waals surface area contributed by atoms with E-state index in [4.69, 9.17) is 0 Å². The lowest BCUT2D eigenvalue weighted by Gasteiger charge is -2.20. The number of halogens is 2. The second-order valence-corrected chi connectivity index (χ2v) is 7.00. The average molecular weight is 398 g/mol. The Labute approximate surface area is 127 Å². The third-order valence-electron chi connectivity index (χ3n) is 2.44. The normalized spacial score (nSPS) is 12.1. The van der Waals surface area contributed by atoms with Crippen LogP contribution in [0.1, 0.15) is 23.5 Å². The zero-order valence-electron chi connectivity index (χ0n) is 10.3. The van der Waals surface area contributed by atoms with E-state index in [0.29, 0.717) is 11.4 Å². The molecular formula is C11H14Br2N2O2S. The number of nitrogens with zero attached hydrogens (tertiary/aromatic N) is 1. The quantitative estimate of drug-likeness (QED) is 0.849. The molecule has 0 bridgehead atoms. The summed E-state index contributed by atoms with van der Waals surface area (Å²) in [6.07, 6.45) is 0. The van der Waals surface area contributed by atoms with E-state index in [1.807, 2.05) is 6.92 Å². The Morgan fingerprint density at radius 1 is 1.50 bits per heavy atom. The maximum absolute atomic E-state index is 11.9. The number of rotatable bonds is 4. The van der Waals surface area contributed by atoms with Crippen LogP contribution in [0, 0.1) is 0 Å². The summed E-state index contributed by atoms with van der Waals surface area (Å²) < 4.78 is 1.69. The van der Waals surface area contributed by atoms with Gasteiger partial charge in [-0.2, -0.15) is 0 Å². The number of carbonyl (C=O) groups excluding carboxylic acids is 2. The largest absolute Gasteiger partial charge is 0.344 e. The highest BCUT2D eigenvalue weighted by Gasteiger charge is 2.20. The molecule has 0 aromatic carbocycles. The number of likely N-dealkylation sites (N-methyl/N-ethyl adjacent to an activating group) is 1. The number of nitrogens with one attached hydrogen (secondary N) is 1. The van der Waals surface area contributed by atoms with Gasteiger partial charge >= 0.3 is 0 Å². The van der Waals surface area contributed by atoms with E-state index in [1.165, 1.54) is 11.3 Å². The molecule has 0 radical (unpaired) electrons. The topological polar surface area (TPSA) is 49.4 Å². The molecule has 0 aliphatic rings. The van der Waals surface area contributed by atoms with E-state index in [1.54, 1.807) is 24.9 Å². The smallest absolute Gasteiger partial charge is 0.262 e. The van der Waals surface area contributed by atoms with Gasteiger partial charge in [-0.1, -0.05) is 0 Å². The van der Waals surface area contributed by atoms with Crippen molar-refractivity contribution in [2.24, 2.45) is 0 Å². The summed E-state index contributed by atoms with van der Waals surface area (Å²) in [5.74, 6) is -0.336. The van der Waals surface area contributed by atoms with Crippen LogP contribution in [-0.4, -0.2) is 36.3 Å². The minimum absolute atomic E-state index is 0.0967. The summed E-state index contributed by atoms with van der Waals surface area (Å²) in [6, 6.07) is 1.20. The van der Waals surface area contributed by atoms with Crippen molar-refractivity contribution >= 4 is 55.0 Å². The van der Waals surface area contributed by atoms with Crippen molar-refractivity contribution in [3.05, 3.63) is 19.2 Å². The lowest BCUT2D eigenvalue weighted by Crippen LogP contribution is -2.45. The Morgan fingerprint density at radius 2 is 2.11 bits per heavy atom. The van der Waals surface area contributed by atoms with Crippen LogP contribution in [-0.2, 0) is 4.79 Å². The van der Waals surface area contributed by atoms with E-state index in [2.05, 4.69) is 37.2 Å². The zero-order valence-corrected chi connectivity index (χ0v) is 14.3. The third kappa shape index (κ3) is 3.80. The molecule has 0 spiro atoms. The summed E-state index contributed by atoms with van der Waals surface area (Å²) in [5, 5.41) is 2.69. The fourth-order valence-corrected chi connectivity index (χ4v) is 3.21. The van der Waals surface area contributed by atoms with Gasteiger partial charge in [-0.15, -0.1) is 11.3 Å². The van der Waals surface area contributed by atoms with Crippen LogP contribution < -0.4 is 5.32 Å².